The van der Waals surface area contributed by atoms with E-state index >= 15 is 0 Å². The average molecular weight is 263 g/mol. The summed E-state index contributed by atoms with van der Waals surface area (Å²) in [5.41, 5.74) is 0.555. The van der Waals surface area contributed by atoms with Crippen LogP contribution in [0.5, 0.6) is 0 Å². The van der Waals surface area contributed by atoms with Crippen LogP contribution >= 0.6 is 11.6 Å². The zero-order valence-corrected chi connectivity index (χ0v) is 9.78. The first kappa shape index (κ1) is 13.5. The fraction of sp³-hybridized carbons (Fsp3) is 0.0909. The molecular weight excluding hydrogens is 256 g/mol. The number of carbonyl (C=O) groups excluding carboxylic acids is 2. The number of nitrogens with zero attached hydrogens (tertiary/aromatic N) is 2. The molecule has 1 aromatic carbocycles. The summed E-state index contributed by atoms with van der Waals surface area (Å²) >= 11 is 5.81. The van der Waals surface area contributed by atoms with Crippen LogP contribution in [-0.2, 0) is 9.59 Å². The van der Waals surface area contributed by atoms with Crippen molar-refractivity contribution in [1.82, 2.24) is 5.32 Å². The van der Waals surface area contributed by atoms with Crippen molar-refractivity contribution in [3.8, 4) is 12.1 Å². The third kappa shape index (κ3) is 3.48. The third-order valence-corrected chi connectivity index (χ3v) is 2.19. The monoisotopic (exact) mass is 262 g/mol. The third-order valence-electron chi connectivity index (χ3n) is 1.88. The molecule has 0 saturated heterocycles. The molecule has 7 heteroatoms. The maximum atomic E-state index is 11.4. The molecule has 0 aliphatic carbocycles. The van der Waals surface area contributed by atoms with Crippen molar-refractivity contribution in [2.75, 3.05) is 11.9 Å². The summed E-state index contributed by atoms with van der Waals surface area (Å²) in [6.45, 7) is -0.257. The standard InChI is InChI=1S/C11H7ClN4O2/c12-8-5-7(6-14)1-2-9(8)16-11(18)10(17)15-4-3-13/h1-2,5H,4H2,(H,15,17)(H,16,18). The van der Waals surface area contributed by atoms with Crippen LogP contribution in [0.2, 0.25) is 5.02 Å². The molecule has 90 valence electrons. The van der Waals surface area contributed by atoms with Crippen LogP contribution in [0.4, 0.5) is 5.69 Å². The molecule has 0 heterocycles. The number of anilines is 1. The van der Waals surface area contributed by atoms with Gasteiger partial charge in [0.1, 0.15) is 6.54 Å². The Kier molecular flexibility index (Phi) is 4.67. The molecule has 1 rings (SSSR count). The van der Waals surface area contributed by atoms with Gasteiger partial charge >= 0.3 is 11.8 Å². The van der Waals surface area contributed by atoms with Crippen molar-refractivity contribution in [2.24, 2.45) is 0 Å². The van der Waals surface area contributed by atoms with E-state index in [4.69, 9.17) is 22.1 Å². The summed E-state index contributed by atoms with van der Waals surface area (Å²) in [5, 5.41) is 21.4. The fourth-order valence-corrected chi connectivity index (χ4v) is 1.29. The smallest absolute Gasteiger partial charge is 0.313 e. The van der Waals surface area contributed by atoms with Gasteiger partial charge in [-0.05, 0) is 18.2 Å². The molecule has 2 amide bonds. The summed E-state index contributed by atoms with van der Waals surface area (Å²) in [6, 6.07) is 7.79. The highest BCUT2D eigenvalue weighted by atomic mass is 35.5. The first-order valence-corrected chi connectivity index (χ1v) is 5.12. The molecule has 1 aromatic rings. The second-order valence-corrected chi connectivity index (χ2v) is 3.51. The Balaban J connectivity index is 2.74. The van der Waals surface area contributed by atoms with E-state index in [1.807, 2.05) is 6.07 Å². The Morgan fingerprint density at radius 2 is 2.00 bits per heavy atom. The van der Waals surface area contributed by atoms with Gasteiger partial charge in [-0.25, -0.2) is 0 Å². The predicted octanol–water partition coefficient (Wildman–Crippen LogP) is 0.790. The van der Waals surface area contributed by atoms with Gasteiger partial charge in [0.2, 0.25) is 0 Å². The Labute approximate surface area is 108 Å². The number of hydrogen-bond donors (Lipinski definition) is 2. The minimum absolute atomic E-state index is 0.149. The molecule has 0 saturated carbocycles. The van der Waals surface area contributed by atoms with Gasteiger partial charge in [0, 0.05) is 0 Å². The van der Waals surface area contributed by atoms with Crippen LogP contribution in [0.1, 0.15) is 5.56 Å². The zero-order chi connectivity index (χ0) is 13.5. The van der Waals surface area contributed by atoms with Gasteiger partial charge < -0.3 is 10.6 Å². The number of nitriles is 2. The van der Waals surface area contributed by atoms with E-state index < -0.39 is 11.8 Å². The van der Waals surface area contributed by atoms with Gasteiger partial charge in [0.05, 0.1) is 28.4 Å². The van der Waals surface area contributed by atoms with E-state index in [1.54, 1.807) is 6.07 Å². The summed E-state index contributed by atoms with van der Waals surface area (Å²) in [7, 11) is 0. The van der Waals surface area contributed by atoms with Gasteiger partial charge in [0.15, 0.2) is 0 Å². The number of halogens is 1. The van der Waals surface area contributed by atoms with Crippen molar-refractivity contribution < 1.29 is 9.59 Å². The summed E-state index contributed by atoms with van der Waals surface area (Å²) < 4.78 is 0. The number of nitrogens with one attached hydrogen (secondary N) is 2. The molecule has 0 aromatic heterocycles. The Bertz CT molecular complexity index is 571. The Hall–Kier alpha value is -2.57. The maximum Gasteiger partial charge on any atom is 0.313 e. The van der Waals surface area contributed by atoms with Crippen molar-refractivity contribution >= 4 is 29.1 Å². The number of rotatable bonds is 2. The highest BCUT2D eigenvalue weighted by Gasteiger charge is 2.14. The molecule has 0 fully saturated rings. The molecule has 6 nitrogen and oxygen atoms in total. The van der Waals surface area contributed by atoms with Gasteiger partial charge in [-0.2, -0.15) is 10.5 Å². The second-order valence-electron chi connectivity index (χ2n) is 3.10. The number of carbonyl (C=O) groups is 2. The maximum absolute atomic E-state index is 11.4. The van der Waals surface area contributed by atoms with Crippen LogP contribution in [0, 0.1) is 22.7 Å². The topological polar surface area (TPSA) is 106 Å². The lowest BCUT2D eigenvalue weighted by Crippen LogP contribution is -2.35. The van der Waals surface area contributed by atoms with Gasteiger partial charge in [0.25, 0.3) is 0 Å². The van der Waals surface area contributed by atoms with Crippen molar-refractivity contribution in [3.05, 3.63) is 28.8 Å². The zero-order valence-electron chi connectivity index (χ0n) is 9.03. The quantitative estimate of drug-likeness (QED) is 0.607. The molecule has 0 atom stereocenters. The lowest BCUT2D eigenvalue weighted by atomic mass is 10.2. The fourth-order valence-electron chi connectivity index (χ4n) is 1.07. The predicted molar refractivity (Wildman–Crippen MR) is 63.4 cm³/mol. The number of hydrogen-bond acceptors (Lipinski definition) is 4. The lowest BCUT2D eigenvalue weighted by molar-refractivity contribution is -0.136. The highest BCUT2D eigenvalue weighted by Crippen LogP contribution is 2.22. The summed E-state index contributed by atoms with van der Waals surface area (Å²) in [4.78, 5) is 22.5. The molecule has 0 unspecified atom stereocenters. The van der Waals surface area contributed by atoms with Gasteiger partial charge in [-0.15, -0.1) is 0 Å². The highest BCUT2D eigenvalue weighted by molar-refractivity contribution is 6.41. The van der Waals surface area contributed by atoms with Gasteiger partial charge in [-0.1, -0.05) is 11.6 Å². The van der Waals surface area contributed by atoms with Gasteiger partial charge in [-0.3, -0.25) is 9.59 Å². The summed E-state index contributed by atoms with van der Waals surface area (Å²) in [6.07, 6.45) is 0. The molecule has 0 aliphatic rings. The molecule has 0 spiro atoms. The normalized spacial score (nSPS) is 8.83. The molecule has 0 bridgehead atoms. The van der Waals surface area contributed by atoms with Crippen LogP contribution < -0.4 is 10.6 Å². The van der Waals surface area contributed by atoms with Crippen molar-refractivity contribution in [1.29, 1.82) is 10.5 Å². The molecular formula is C11H7ClN4O2. The van der Waals surface area contributed by atoms with Crippen LogP contribution in [0.25, 0.3) is 0 Å². The summed E-state index contributed by atoms with van der Waals surface area (Å²) in [5.74, 6) is -1.87. The molecule has 0 radical (unpaired) electrons. The van der Waals surface area contributed by atoms with E-state index in [0.29, 0.717) is 5.56 Å². The van der Waals surface area contributed by atoms with E-state index in [0.717, 1.165) is 0 Å². The number of amides is 2. The van der Waals surface area contributed by atoms with Crippen LogP contribution in [0.3, 0.4) is 0 Å². The minimum atomic E-state index is -0.933. The lowest BCUT2D eigenvalue weighted by Gasteiger charge is -2.06. The molecule has 0 aliphatic heterocycles. The SMILES string of the molecule is N#CCNC(=O)C(=O)Nc1ccc(C#N)cc1Cl. The average Bonchev–Trinajstić information content (AvgIpc) is 2.38. The molecule has 2 N–H and O–H groups in total. The first-order valence-electron chi connectivity index (χ1n) is 4.74. The first-order chi connectivity index (χ1) is 8.58. The number of benzene rings is 1. The van der Waals surface area contributed by atoms with Crippen LogP contribution in [-0.4, -0.2) is 18.4 Å². The minimum Gasteiger partial charge on any atom is -0.335 e. The Morgan fingerprint density at radius 1 is 1.28 bits per heavy atom. The second kappa shape index (κ2) is 6.24. The van der Waals surface area contributed by atoms with E-state index in [1.165, 1.54) is 18.2 Å². The van der Waals surface area contributed by atoms with Crippen LogP contribution in [0.15, 0.2) is 18.2 Å². The van der Waals surface area contributed by atoms with Crippen molar-refractivity contribution in [2.45, 2.75) is 0 Å². The van der Waals surface area contributed by atoms with E-state index in [2.05, 4.69) is 10.6 Å². The van der Waals surface area contributed by atoms with E-state index in [-0.39, 0.29) is 17.3 Å². The van der Waals surface area contributed by atoms with Crippen molar-refractivity contribution in [3.63, 3.8) is 0 Å². The van der Waals surface area contributed by atoms with E-state index in [9.17, 15) is 9.59 Å². The largest absolute Gasteiger partial charge is 0.335 e. The molecule has 18 heavy (non-hydrogen) atoms. The Morgan fingerprint density at radius 3 is 2.56 bits per heavy atom.